The average Bonchev–Trinajstić information content (AvgIpc) is 2.82. The van der Waals surface area contributed by atoms with Crippen LogP contribution in [0.4, 0.5) is 0 Å². The van der Waals surface area contributed by atoms with Gasteiger partial charge < -0.3 is 14.5 Å². The Hall–Kier alpha value is -4.19. The first kappa shape index (κ1) is 20.1. The molecule has 0 amide bonds. The maximum absolute atomic E-state index is 13.3. The van der Waals surface area contributed by atoms with E-state index in [4.69, 9.17) is 9.47 Å². The molecule has 6 nitrogen and oxygen atoms in total. The molecule has 6 heteroatoms. The predicted octanol–water partition coefficient (Wildman–Crippen LogP) is 4.32. The number of aromatic nitrogens is 1. The van der Waals surface area contributed by atoms with Gasteiger partial charge in [0.1, 0.15) is 5.75 Å². The molecule has 0 spiro atoms. The molecule has 0 unspecified atom stereocenters. The molecule has 1 atom stereocenters. The van der Waals surface area contributed by atoms with Crippen molar-refractivity contribution in [1.29, 1.82) is 0 Å². The highest BCUT2D eigenvalue weighted by molar-refractivity contribution is 6.06. The number of H-pyrrole nitrogens is 1. The zero-order chi connectivity index (χ0) is 21.8. The van der Waals surface area contributed by atoms with Gasteiger partial charge in [-0.2, -0.15) is 0 Å². The Morgan fingerprint density at radius 2 is 1.55 bits per heavy atom. The molecule has 31 heavy (non-hydrogen) atoms. The number of carbonyl (C=O) groups is 2. The molecule has 0 saturated carbocycles. The minimum Gasteiger partial charge on any atom is -0.497 e. The van der Waals surface area contributed by atoms with Gasteiger partial charge in [-0.25, -0.2) is 4.79 Å². The van der Waals surface area contributed by atoms with Crippen LogP contribution < -0.4 is 10.3 Å². The van der Waals surface area contributed by atoms with E-state index in [9.17, 15) is 14.4 Å². The molecule has 0 aliphatic heterocycles. The summed E-state index contributed by atoms with van der Waals surface area (Å²) >= 11 is 0. The van der Waals surface area contributed by atoms with Crippen molar-refractivity contribution >= 4 is 22.7 Å². The molecular weight excluding hydrogens is 394 g/mol. The van der Waals surface area contributed by atoms with Gasteiger partial charge in [0.25, 0.3) is 0 Å². The highest BCUT2D eigenvalue weighted by Gasteiger charge is 2.27. The summed E-state index contributed by atoms with van der Waals surface area (Å²) in [5, 5.41) is 0.538. The van der Waals surface area contributed by atoms with Crippen LogP contribution in [-0.4, -0.2) is 23.8 Å². The highest BCUT2D eigenvalue weighted by atomic mass is 16.5. The lowest BCUT2D eigenvalue weighted by molar-refractivity contribution is 0.0281. The molecule has 4 rings (SSSR count). The van der Waals surface area contributed by atoms with Crippen LogP contribution in [0.15, 0.2) is 89.7 Å². The van der Waals surface area contributed by atoms with Crippen LogP contribution in [-0.2, 0) is 4.74 Å². The summed E-state index contributed by atoms with van der Waals surface area (Å²) in [4.78, 5) is 41.1. The number of hydrogen-bond donors (Lipinski definition) is 1. The third-order valence-corrected chi connectivity index (χ3v) is 4.91. The maximum atomic E-state index is 13.3. The second-order valence-electron chi connectivity index (χ2n) is 6.88. The molecule has 1 heterocycles. The zero-order valence-electron chi connectivity index (χ0n) is 16.7. The van der Waals surface area contributed by atoms with Crippen molar-refractivity contribution in [2.24, 2.45) is 0 Å². The Labute approximate surface area is 178 Å². The first-order chi connectivity index (χ1) is 15.1. The SMILES string of the molecule is COc1ccc(C(=O)[C@H](OC(=O)c2cc(=O)[nH]c3ccccc23)c2ccccc2)cc1. The number of hydrogen-bond acceptors (Lipinski definition) is 5. The number of nitrogens with one attached hydrogen (secondary N) is 1. The van der Waals surface area contributed by atoms with Gasteiger partial charge in [0, 0.05) is 28.1 Å². The van der Waals surface area contributed by atoms with Gasteiger partial charge in [-0.3, -0.25) is 9.59 Å². The molecule has 4 aromatic rings. The number of ketones is 1. The third-order valence-electron chi connectivity index (χ3n) is 4.91. The number of aromatic amines is 1. The number of benzene rings is 3. The number of methoxy groups -OCH3 is 1. The van der Waals surface area contributed by atoms with E-state index in [-0.39, 0.29) is 11.3 Å². The van der Waals surface area contributed by atoms with Crippen molar-refractivity contribution in [3.63, 3.8) is 0 Å². The molecule has 1 N–H and O–H groups in total. The fraction of sp³-hybridized carbons (Fsp3) is 0.0800. The molecule has 1 aromatic heterocycles. The summed E-state index contributed by atoms with van der Waals surface area (Å²) in [6.07, 6.45) is -1.17. The fourth-order valence-corrected chi connectivity index (χ4v) is 3.35. The van der Waals surface area contributed by atoms with E-state index in [1.165, 1.54) is 13.2 Å². The summed E-state index contributed by atoms with van der Waals surface area (Å²) in [6.45, 7) is 0. The van der Waals surface area contributed by atoms with Gasteiger partial charge in [-0.15, -0.1) is 0 Å². The third kappa shape index (κ3) is 4.23. The second kappa shape index (κ2) is 8.67. The molecule has 0 bridgehead atoms. The molecular formula is C25H19NO5. The van der Waals surface area contributed by atoms with Crippen LogP contribution in [0, 0.1) is 0 Å². The van der Waals surface area contributed by atoms with Crippen molar-refractivity contribution in [2.75, 3.05) is 7.11 Å². The number of para-hydroxylation sites is 1. The molecule has 0 aliphatic carbocycles. The smallest absolute Gasteiger partial charge is 0.340 e. The minimum atomic E-state index is -1.17. The topological polar surface area (TPSA) is 85.5 Å². The largest absolute Gasteiger partial charge is 0.497 e. The van der Waals surface area contributed by atoms with Crippen LogP contribution in [0.3, 0.4) is 0 Å². The lowest BCUT2D eigenvalue weighted by atomic mass is 9.99. The fourth-order valence-electron chi connectivity index (χ4n) is 3.35. The van der Waals surface area contributed by atoms with E-state index in [0.29, 0.717) is 27.8 Å². The number of Topliss-reactive ketones (excluding diaryl/α,β-unsaturated/α-hetero) is 1. The van der Waals surface area contributed by atoms with E-state index >= 15 is 0 Å². The summed E-state index contributed by atoms with van der Waals surface area (Å²) in [5.41, 5.74) is 1.09. The molecule has 0 fully saturated rings. The van der Waals surface area contributed by atoms with Crippen LogP contribution in [0.5, 0.6) is 5.75 Å². The minimum absolute atomic E-state index is 0.0998. The Morgan fingerprint density at radius 1 is 0.871 bits per heavy atom. The summed E-state index contributed by atoms with van der Waals surface area (Å²) in [5.74, 6) is -0.519. The summed E-state index contributed by atoms with van der Waals surface area (Å²) in [6, 6.07) is 23.5. The van der Waals surface area contributed by atoms with Crippen molar-refractivity contribution in [1.82, 2.24) is 4.98 Å². The quantitative estimate of drug-likeness (QED) is 0.376. The summed E-state index contributed by atoms with van der Waals surface area (Å²) < 4.78 is 10.8. The van der Waals surface area contributed by atoms with Gasteiger partial charge >= 0.3 is 5.97 Å². The lowest BCUT2D eigenvalue weighted by Gasteiger charge is -2.18. The highest BCUT2D eigenvalue weighted by Crippen LogP contribution is 2.26. The maximum Gasteiger partial charge on any atom is 0.340 e. The number of rotatable bonds is 6. The first-order valence-corrected chi connectivity index (χ1v) is 9.63. The van der Waals surface area contributed by atoms with Gasteiger partial charge in [0.05, 0.1) is 12.7 Å². The van der Waals surface area contributed by atoms with E-state index in [1.807, 2.05) is 6.07 Å². The van der Waals surface area contributed by atoms with Crippen LogP contribution in [0.1, 0.15) is 32.4 Å². The Balaban J connectivity index is 1.72. The monoisotopic (exact) mass is 413 g/mol. The average molecular weight is 413 g/mol. The normalized spacial score (nSPS) is 11.6. The molecule has 3 aromatic carbocycles. The molecule has 0 aliphatic rings. The van der Waals surface area contributed by atoms with Crippen LogP contribution in [0.2, 0.25) is 0 Å². The van der Waals surface area contributed by atoms with Crippen LogP contribution in [0.25, 0.3) is 10.9 Å². The van der Waals surface area contributed by atoms with Gasteiger partial charge in [0.2, 0.25) is 11.3 Å². The van der Waals surface area contributed by atoms with Crippen LogP contribution >= 0.6 is 0 Å². The zero-order valence-corrected chi connectivity index (χ0v) is 16.7. The van der Waals surface area contributed by atoms with E-state index in [2.05, 4.69) is 4.98 Å². The summed E-state index contributed by atoms with van der Waals surface area (Å²) in [7, 11) is 1.54. The number of fused-ring (bicyclic) bond motifs is 1. The molecule has 154 valence electrons. The number of ether oxygens (including phenoxy) is 2. The van der Waals surface area contributed by atoms with Crippen molar-refractivity contribution in [2.45, 2.75) is 6.10 Å². The Kier molecular flexibility index (Phi) is 5.62. The number of pyridine rings is 1. The molecule has 0 saturated heterocycles. The van der Waals surface area contributed by atoms with E-state index < -0.39 is 17.6 Å². The predicted molar refractivity (Wildman–Crippen MR) is 116 cm³/mol. The Bertz CT molecular complexity index is 1290. The van der Waals surface area contributed by atoms with E-state index in [1.54, 1.807) is 72.8 Å². The standard InChI is InChI=1S/C25H19NO5/c1-30-18-13-11-16(12-14-18)23(28)24(17-7-3-2-4-8-17)31-25(29)20-15-22(27)26-21-10-6-5-9-19(20)21/h2-15,24H,1H3,(H,26,27)/t24-/m1/s1. The van der Waals surface area contributed by atoms with Crippen molar-refractivity contribution in [3.8, 4) is 5.75 Å². The number of carbonyl (C=O) groups excluding carboxylic acids is 2. The second-order valence-corrected chi connectivity index (χ2v) is 6.88. The van der Waals surface area contributed by atoms with Crippen molar-refractivity contribution < 1.29 is 19.1 Å². The number of esters is 1. The van der Waals surface area contributed by atoms with Crippen molar-refractivity contribution in [3.05, 3.63) is 112 Å². The van der Waals surface area contributed by atoms with E-state index in [0.717, 1.165) is 0 Å². The lowest BCUT2D eigenvalue weighted by Crippen LogP contribution is -2.21. The van der Waals surface area contributed by atoms with Gasteiger partial charge in [-0.05, 0) is 30.3 Å². The van der Waals surface area contributed by atoms with Gasteiger partial charge in [-0.1, -0.05) is 48.5 Å². The first-order valence-electron chi connectivity index (χ1n) is 9.63. The Morgan fingerprint density at radius 3 is 2.26 bits per heavy atom. The molecule has 0 radical (unpaired) electrons. The van der Waals surface area contributed by atoms with Gasteiger partial charge in [0.15, 0.2) is 6.10 Å².